The van der Waals surface area contributed by atoms with Crippen LogP contribution in [0, 0.1) is 5.82 Å². The second-order valence-corrected chi connectivity index (χ2v) is 4.74. The van der Waals surface area contributed by atoms with Crippen LogP contribution in [-0.2, 0) is 13.1 Å². The van der Waals surface area contributed by atoms with Crippen LogP contribution in [0.25, 0.3) is 0 Å². The van der Waals surface area contributed by atoms with Gasteiger partial charge in [-0.05, 0) is 42.3 Å². The van der Waals surface area contributed by atoms with E-state index in [1.165, 1.54) is 12.1 Å². The Hall–Kier alpha value is -2.56. The lowest BCUT2D eigenvalue weighted by atomic mass is 10.2. The fourth-order valence-corrected chi connectivity index (χ4v) is 1.94. The van der Waals surface area contributed by atoms with Gasteiger partial charge in [0.25, 0.3) is 0 Å². The summed E-state index contributed by atoms with van der Waals surface area (Å²) in [7, 11) is 0. The summed E-state index contributed by atoms with van der Waals surface area (Å²) < 4.78 is 18.4. The van der Waals surface area contributed by atoms with Crippen molar-refractivity contribution in [2.75, 3.05) is 6.61 Å². The van der Waals surface area contributed by atoms with E-state index in [9.17, 15) is 9.18 Å². The zero-order valence-corrected chi connectivity index (χ0v) is 12.4. The third kappa shape index (κ3) is 5.09. The largest absolute Gasteiger partial charge is 0.494 e. The molecule has 0 bridgehead atoms. The van der Waals surface area contributed by atoms with Gasteiger partial charge in [-0.3, -0.25) is 0 Å². The predicted octanol–water partition coefficient (Wildman–Crippen LogP) is 3.22. The number of amides is 2. The van der Waals surface area contributed by atoms with Crippen LogP contribution in [0.3, 0.4) is 0 Å². The molecule has 0 aliphatic heterocycles. The summed E-state index contributed by atoms with van der Waals surface area (Å²) in [6, 6.07) is 13.4. The zero-order valence-electron chi connectivity index (χ0n) is 12.4. The molecule has 5 heteroatoms. The van der Waals surface area contributed by atoms with Crippen molar-refractivity contribution < 1.29 is 13.9 Å². The highest BCUT2D eigenvalue weighted by Crippen LogP contribution is 2.11. The van der Waals surface area contributed by atoms with Gasteiger partial charge in [-0.2, -0.15) is 0 Å². The summed E-state index contributed by atoms with van der Waals surface area (Å²) in [4.78, 5) is 11.7. The Bertz CT molecular complexity index is 614. The van der Waals surface area contributed by atoms with Gasteiger partial charge in [-0.25, -0.2) is 9.18 Å². The molecule has 22 heavy (non-hydrogen) atoms. The van der Waals surface area contributed by atoms with E-state index in [0.717, 1.165) is 16.9 Å². The van der Waals surface area contributed by atoms with Gasteiger partial charge in [-0.1, -0.05) is 24.3 Å². The van der Waals surface area contributed by atoms with E-state index in [4.69, 9.17) is 4.74 Å². The molecule has 2 N–H and O–H groups in total. The Labute approximate surface area is 129 Å². The number of benzene rings is 2. The first-order valence-electron chi connectivity index (χ1n) is 7.15. The number of carbonyl (C=O) groups excluding carboxylic acids is 1. The topological polar surface area (TPSA) is 50.4 Å². The first-order chi connectivity index (χ1) is 10.7. The van der Waals surface area contributed by atoms with Crippen molar-refractivity contribution in [1.29, 1.82) is 0 Å². The van der Waals surface area contributed by atoms with Crippen molar-refractivity contribution in [2.24, 2.45) is 0 Å². The summed E-state index contributed by atoms with van der Waals surface area (Å²) in [6.45, 7) is 3.26. The molecule has 0 saturated carbocycles. The highest BCUT2D eigenvalue weighted by Gasteiger charge is 2.02. The predicted molar refractivity (Wildman–Crippen MR) is 83.1 cm³/mol. The molecule has 0 heterocycles. The van der Waals surface area contributed by atoms with Gasteiger partial charge in [0.2, 0.25) is 0 Å². The normalized spacial score (nSPS) is 10.1. The van der Waals surface area contributed by atoms with Crippen LogP contribution in [0.1, 0.15) is 18.1 Å². The molecule has 2 aromatic rings. The molecule has 2 aromatic carbocycles. The number of hydrogen-bond donors (Lipinski definition) is 2. The van der Waals surface area contributed by atoms with Gasteiger partial charge in [0, 0.05) is 13.1 Å². The minimum atomic E-state index is -0.311. The summed E-state index contributed by atoms with van der Waals surface area (Å²) >= 11 is 0. The van der Waals surface area contributed by atoms with E-state index >= 15 is 0 Å². The number of urea groups is 1. The number of rotatable bonds is 6. The van der Waals surface area contributed by atoms with E-state index in [0.29, 0.717) is 13.2 Å². The number of carbonyl (C=O) groups is 1. The van der Waals surface area contributed by atoms with Gasteiger partial charge in [0.15, 0.2) is 0 Å². The molecular weight excluding hydrogens is 283 g/mol. The van der Waals surface area contributed by atoms with E-state index in [-0.39, 0.29) is 18.4 Å². The lowest BCUT2D eigenvalue weighted by molar-refractivity contribution is 0.240. The van der Waals surface area contributed by atoms with E-state index in [1.54, 1.807) is 12.1 Å². The molecule has 0 unspecified atom stereocenters. The Morgan fingerprint density at radius 2 is 1.73 bits per heavy atom. The molecule has 0 aliphatic rings. The third-order valence-corrected chi connectivity index (χ3v) is 3.03. The van der Waals surface area contributed by atoms with Gasteiger partial charge in [-0.15, -0.1) is 0 Å². The highest BCUT2D eigenvalue weighted by atomic mass is 19.1. The van der Waals surface area contributed by atoms with E-state index in [2.05, 4.69) is 10.6 Å². The number of halogens is 1. The second kappa shape index (κ2) is 8.02. The van der Waals surface area contributed by atoms with Gasteiger partial charge in [0.05, 0.1) is 6.61 Å². The minimum Gasteiger partial charge on any atom is -0.494 e. The molecular formula is C17H19FN2O2. The van der Waals surface area contributed by atoms with Crippen LogP contribution in [0.2, 0.25) is 0 Å². The van der Waals surface area contributed by atoms with Crippen LogP contribution in [-0.4, -0.2) is 12.6 Å². The Morgan fingerprint density at radius 1 is 1.05 bits per heavy atom. The molecule has 0 aliphatic carbocycles. The summed E-state index contributed by atoms with van der Waals surface area (Å²) in [5.74, 6) is 0.496. The molecule has 116 valence electrons. The van der Waals surface area contributed by atoms with Crippen LogP contribution in [0.4, 0.5) is 9.18 Å². The maximum atomic E-state index is 13.0. The second-order valence-electron chi connectivity index (χ2n) is 4.74. The fourth-order valence-electron chi connectivity index (χ4n) is 1.94. The molecule has 0 atom stereocenters. The Balaban J connectivity index is 1.75. The number of ether oxygens (including phenoxy) is 1. The molecule has 0 aromatic heterocycles. The van der Waals surface area contributed by atoms with Crippen LogP contribution in [0.15, 0.2) is 48.5 Å². The fraction of sp³-hybridized carbons (Fsp3) is 0.235. The van der Waals surface area contributed by atoms with Crippen LogP contribution >= 0.6 is 0 Å². The summed E-state index contributed by atoms with van der Waals surface area (Å²) in [5.41, 5.74) is 1.69. The minimum absolute atomic E-state index is 0.285. The SMILES string of the molecule is CCOc1ccc(CNC(=O)NCc2cccc(F)c2)cc1. The molecule has 0 spiro atoms. The average Bonchev–Trinajstić information content (AvgIpc) is 2.53. The van der Waals surface area contributed by atoms with Crippen molar-refractivity contribution in [3.05, 3.63) is 65.5 Å². The maximum Gasteiger partial charge on any atom is 0.315 e. The average molecular weight is 302 g/mol. The van der Waals surface area contributed by atoms with E-state index in [1.807, 2.05) is 31.2 Å². The van der Waals surface area contributed by atoms with Crippen molar-refractivity contribution >= 4 is 6.03 Å². The smallest absolute Gasteiger partial charge is 0.315 e. The summed E-state index contributed by atoms with van der Waals surface area (Å²) in [5, 5.41) is 5.44. The molecule has 2 rings (SSSR count). The number of hydrogen-bond acceptors (Lipinski definition) is 2. The molecule has 0 fully saturated rings. The Kier molecular flexibility index (Phi) is 5.77. The lowest BCUT2D eigenvalue weighted by Gasteiger charge is -2.09. The highest BCUT2D eigenvalue weighted by molar-refractivity contribution is 5.73. The third-order valence-electron chi connectivity index (χ3n) is 3.03. The maximum absolute atomic E-state index is 13.0. The summed E-state index contributed by atoms with van der Waals surface area (Å²) in [6.07, 6.45) is 0. The Morgan fingerprint density at radius 3 is 2.36 bits per heavy atom. The first kappa shape index (κ1) is 15.8. The molecule has 2 amide bonds. The monoisotopic (exact) mass is 302 g/mol. The van der Waals surface area contributed by atoms with Crippen LogP contribution in [0.5, 0.6) is 5.75 Å². The van der Waals surface area contributed by atoms with Gasteiger partial charge in [0.1, 0.15) is 11.6 Å². The van der Waals surface area contributed by atoms with Crippen molar-refractivity contribution in [3.63, 3.8) is 0 Å². The van der Waals surface area contributed by atoms with Gasteiger partial charge < -0.3 is 15.4 Å². The van der Waals surface area contributed by atoms with Gasteiger partial charge >= 0.3 is 6.03 Å². The van der Waals surface area contributed by atoms with Crippen molar-refractivity contribution in [1.82, 2.24) is 10.6 Å². The molecule has 0 saturated heterocycles. The van der Waals surface area contributed by atoms with E-state index < -0.39 is 0 Å². The van der Waals surface area contributed by atoms with Crippen molar-refractivity contribution in [2.45, 2.75) is 20.0 Å². The number of nitrogens with one attached hydrogen (secondary N) is 2. The zero-order chi connectivity index (χ0) is 15.8. The molecule has 4 nitrogen and oxygen atoms in total. The molecule has 0 radical (unpaired) electrons. The lowest BCUT2D eigenvalue weighted by Crippen LogP contribution is -2.34. The standard InChI is InChI=1S/C17H19FN2O2/c1-2-22-16-8-6-13(7-9-16)11-19-17(21)20-12-14-4-3-5-15(18)10-14/h3-10H,2,11-12H2,1H3,(H2,19,20,21). The van der Waals surface area contributed by atoms with Crippen LogP contribution < -0.4 is 15.4 Å². The quantitative estimate of drug-likeness (QED) is 0.861. The van der Waals surface area contributed by atoms with Crippen molar-refractivity contribution in [3.8, 4) is 5.75 Å². The first-order valence-corrected chi connectivity index (χ1v) is 7.15.